The van der Waals surface area contributed by atoms with Gasteiger partial charge in [-0.1, -0.05) is 0 Å². The van der Waals surface area contributed by atoms with Crippen LogP contribution in [0.2, 0.25) is 0 Å². The Morgan fingerprint density at radius 2 is 2.04 bits per heavy atom. The zero-order valence-corrected chi connectivity index (χ0v) is 16.4. The van der Waals surface area contributed by atoms with Gasteiger partial charge in [-0.3, -0.25) is 0 Å². The van der Waals surface area contributed by atoms with E-state index in [0.29, 0.717) is 24.6 Å². The summed E-state index contributed by atoms with van der Waals surface area (Å²) in [5, 5.41) is 13.5. The van der Waals surface area contributed by atoms with Crippen molar-refractivity contribution in [2.45, 2.75) is 20.4 Å². The second-order valence-electron chi connectivity index (χ2n) is 6.97. The fourth-order valence-corrected chi connectivity index (χ4v) is 2.75. The number of nitrogen functional groups attached to an aromatic ring is 1. The first kappa shape index (κ1) is 19.9. The minimum absolute atomic E-state index is 0.0637. The first-order chi connectivity index (χ1) is 12.4. The summed E-state index contributed by atoms with van der Waals surface area (Å²) >= 11 is 0. The van der Waals surface area contributed by atoms with Gasteiger partial charge in [0.25, 0.3) is 0 Å². The van der Waals surface area contributed by atoms with E-state index in [1.165, 1.54) is 0 Å². The number of phenols is 1. The summed E-state index contributed by atoms with van der Waals surface area (Å²) in [6.07, 6.45) is 5.94. The lowest BCUT2D eigenvalue weighted by molar-refractivity contribution is -0.904. The van der Waals surface area contributed by atoms with Crippen molar-refractivity contribution in [1.29, 1.82) is 0 Å². The normalized spacial score (nSPS) is 11.5. The Labute approximate surface area is 156 Å². The van der Waals surface area contributed by atoms with Crippen molar-refractivity contribution in [2.75, 3.05) is 50.9 Å². The molecule has 0 unspecified atom stereocenters. The number of aromatic nitrogens is 2. The molecule has 2 aromatic rings. The molecule has 4 N–H and O–H groups in total. The second-order valence-corrected chi connectivity index (χ2v) is 6.97. The molecule has 0 aliphatic heterocycles. The highest BCUT2D eigenvalue weighted by atomic mass is 16.5. The molecule has 1 aromatic carbocycles. The van der Waals surface area contributed by atoms with Crippen LogP contribution in [0.15, 0.2) is 30.9 Å². The number of nitrogens with two attached hydrogens (primary N) is 1. The quantitative estimate of drug-likeness (QED) is 0.259. The third kappa shape index (κ3) is 5.29. The maximum Gasteiger partial charge on any atom is 0.243 e. The summed E-state index contributed by atoms with van der Waals surface area (Å²) in [6, 6.07) is 3.32. The molecule has 0 aliphatic rings. The number of rotatable bonds is 10. The number of aromatic hydroxyl groups is 1. The van der Waals surface area contributed by atoms with E-state index >= 15 is 0 Å². The van der Waals surface area contributed by atoms with Crippen LogP contribution in [0.5, 0.6) is 11.5 Å². The highest BCUT2D eigenvalue weighted by Gasteiger charge is 2.16. The molecule has 0 radical (unpaired) electrons. The number of ether oxygens (including phenoxy) is 1. The lowest BCUT2D eigenvalue weighted by atomic mass is 10.2. The van der Waals surface area contributed by atoms with Crippen LogP contribution < -0.4 is 20.4 Å². The largest absolute Gasteiger partial charge is 0.504 e. The molecule has 0 fully saturated rings. The van der Waals surface area contributed by atoms with E-state index in [0.717, 1.165) is 36.3 Å². The van der Waals surface area contributed by atoms with E-state index in [9.17, 15) is 5.11 Å². The molecule has 0 saturated heterocycles. The zero-order chi connectivity index (χ0) is 19.2. The molecule has 144 valence electrons. The Hall–Kier alpha value is -2.41. The van der Waals surface area contributed by atoms with Crippen LogP contribution in [0.4, 0.5) is 11.4 Å². The number of nitrogens with zero attached hydrogens (tertiary/aromatic N) is 3. The maximum atomic E-state index is 10.1. The van der Waals surface area contributed by atoms with Gasteiger partial charge in [0.1, 0.15) is 25.5 Å². The first-order valence-electron chi connectivity index (χ1n) is 9.20. The summed E-state index contributed by atoms with van der Waals surface area (Å²) in [5.41, 5.74) is 7.36. The van der Waals surface area contributed by atoms with Gasteiger partial charge in [0.15, 0.2) is 11.5 Å². The number of anilines is 2. The van der Waals surface area contributed by atoms with E-state index in [1.54, 1.807) is 12.1 Å². The van der Waals surface area contributed by atoms with Gasteiger partial charge < -0.3 is 25.4 Å². The summed E-state index contributed by atoms with van der Waals surface area (Å²) < 4.78 is 10.8. The number of imidazole rings is 1. The third-order valence-electron chi connectivity index (χ3n) is 5.06. The van der Waals surface area contributed by atoms with E-state index in [2.05, 4.69) is 26.2 Å². The predicted octanol–water partition coefficient (Wildman–Crippen LogP) is 1.58. The number of aryl methyl sites for hydroxylation is 1. The van der Waals surface area contributed by atoms with Gasteiger partial charge in [0.05, 0.1) is 51.6 Å². The summed E-state index contributed by atoms with van der Waals surface area (Å²) in [4.78, 5) is 0. The molecule has 0 atom stereocenters. The Morgan fingerprint density at radius 3 is 2.65 bits per heavy atom. The Morgan fingerprint density at radius 1 is 1.31 bits per heavy atom. The van der Waals surface area contributed by atoms with Crippen molar-refractivity contribution in [3.8, 4) is 11.5 Å². The van der Waals surface area contributed by atoms with Gasteiger partial charge in [-0.05, 0) is 13.8 Å². The number of phenolic OH excluding ortho intramolecular Hbond substituents is 1. The average molecular weight is 364 g/mol. The van der Waals surface area contributed by atoms with Crippen molar-refractivity contribution >= 4 is 11.4 Å². The molecule has 26 heavy (non-hydrogen) atoms. The fourth-order valence-electron chi connectivity index (χ4n) is 2.75. The Balaban J connectivity index is 1.94. The van der Waals surface area contributed by atoms with Crippen LogP contribution in [0.25, 0.3) is 0 Å². The first-order valence-corrected chi connectivity index (χ1v) is 9.20. The van der Waals surface area contributed by atoms with E-state index in [-0.39, 0.29) is 5.75 Å². The zero-order valence-electron chi connectivity index (χ0n) is 16.4. The molecule has 0 saturated carbocycles. The minimum Gasteiger partial charge on any atom is -0.504 e. The second kappa shape index (κ2) is 8.80. The van der Waals surface area contributed by atoms with Crippen LogP contribution in [-0.4, -0.2) is 54.0 Å². The molecule has 0 bridgehead atoms. The van der Waals surface area contributed by atoms with Crippen molar-refractivity contribution in [3.05, 3.63) is 30.9 Å². The number of hydrogen-bond donors (Lipinski definition) is 3. The van der Waals surface area contributed by atoms with Crippen LogP contribution >= 0.6 is 0 Å². The molecule has 1 heterocycles. The number of likely N-dealkylation sites (N-methyl/N-ethyl adjacent to an activating group) is 1. The topological polar surface area (TPSA) is 76.3 Å². The van der Waals surface area contributed by atoms with Crippen molar-refractivity contribution < 1.29 is 18.9 Å². The standard InChI is InChI=1S/C19H32N5O2/c1-5-24(4,6-2)11-7-21-17-14-19(18(25)13-16(17)20)26-12-10-23-9-8-22(3)15-23/h8-9,13-15,21H,5-7,10-12,20H2,1-4H3/q+1/p+1. The Kier molecular flexibility index (Phi) is 6.74. The van der Waals surface area contributed by atoms with Crippen LogP contribution in [0.1, 0.15) is 13.8 Å². The monoisotopic (exact) mass is 363 g/mol. The molecule has 7 heteroatoms. The van der Waals surface area contributed by atoms with Crippen LogP contribution in [0, 0.1) is 0 Å². The van der Waals surface area contributed by atoms with Gasteiger partial charge >= 0.3 is 0 Å². The SMILES string of the molecule is CC[N+](C)(CC)CCNc1cc(OCCn2cc[n+](C)c2)c(O)cc1N. The van der Waals surface area contributed by atoms with Crippen LogP contribution in [0.3, 0.4) is 0 Å². The van der Waals surface area contributed by atoms with Crippen LogP contribution in [-0.2, 0) is 13.6 Å². The van der Waals surface area contributed by atoms with Crippen molar-refractivity contribution in [2.24, 2.45) is 7.05 Å². The lowest BCUT2D eigenvalue weighted by Gasteiger charge is -2.32. The summed E-state index contributed by atoms with van der Waals surface area (Å²) in [5.74, 6) is 0.510. The smallest absolute Gasteiger partial charge is 0.243 e. The third-order valence-corrected chi connectivity index (χ3v) is 5.06. The molecule has 0 spiro atoms. The highest BCUT2D eigenvalue weighted by molar-refractivity contribution is 5.71. The van der Waals surface area contributed by atoms with Gasteiger partial charge in [-0.2, -0.15) is 0 Å². The van der Waals surface area contributed by atoms with Gasteiger partial charge in [-0.15, -0.1) is 0 Å². The van der Waals surface area contributed by atoms with E-state index in [1.807, 2.05) is 34.9 Å². The van der Waals surface area contributed by atoms with E-state index < -0.39 is 0 Å². The highest BCUT2D eigenvalue weighted by Crippen LogP contribution is 2.34. The van der Waals surface area contributed by atoms with Crippen molar-refractivity contribution in [3.63, 3.8) is 0 Å². The Bertz CT molecular complexity index is 710. The molecular weight excluding hydrogens is 330 g/mol. The summed E-state index contributed by atoms with van der Waals surface area (Å²) in [6.45, 7) is 9.58. The average Bonchev–Trinajstić information content (AvgIpc) is 3.03. The maximum absolute atomic E-state index is 10.1. The lowest BCUT2D eigenvalue weighted by Crippen LogP contribution is -2.46. The minimum atomic E-state index is 0.0637. The molecule has 1 aromatic heterocycles. The fraction of sp³-hybridized carbons (Fsp3) is 0.526. The van der Waals surface area contributed by atoms with Gasteiger partial charge in [0, 0.05) is 12.1 Å². The molecular formula is C19H33N5O2+2. The molecule has 0 amide bonds. The molecule has 7 nitrogen and oxygen atoms in total. The molecule has 2 rings (SSSR count). The van der Waals surface area contributed by atoms with Gasteiger partial charge in [0.2, 0.25) is 6.33 Å². The number of quaternary nitrogens is 1. The number of hydrogen-bond acceptors (Lipinski definition) is 4. The predicted molar refractivity (Wildman–Crippen MR) is 104 cm³/mol. The summed E-state index contributed by atoms with van der Waals surface area (Å²) in [7, 11) is 4.22. The van der Waals surface area contributed by atoms with E-state index in [4.69, 9.17) is 10.5 Å². The molecule has 0 aliphatic carbocycles. The van der Waals surface area contributed by atoms with Crippen molar-refractivity contribution in [1.82, 2.24) is 4.57 Å². The number of benzene rings is 1. The van der Waals surface area contributed by atoms with Gasteiger partial charge in [-0.25, -0.2) is 9.13 Å². The number of nitrogens with one attached hydrogen (secondary N) is 1.